The third kappa shape index (κ3) is 5.08. The van der Waals surface area contributed by atoms with Crippen LogP contribution in [0.5, 0.6) is 0 Å². The number of amides is 2. The average molecular weight is 389 g/mol. The maximum Gasteiger partial charge on any atom is 0.409 e. The van der Waals surface area contributed by atoms with Gasteiger partial charge in [-0.1, -0.05) is 36.4 Å². The summed E-state index contributed by atoms with van der Waals surface area (Å²) in [6.07, 6.45) is -0.294. The first-order valence-corrected chi connectivity index (χ1v) is 10.2. The molecule has 1 aliphatic rings. The molecular formula is C20H26N3O3S+. The minimum absolute atomic E-state index is 0.107. The second-order valence-corrected chi connectivity index (χ2v) is 7.39. The minimum atomic E-state index is -0.294. The van der Waals surface area contributed by atoms with Crippen molar-refractivity contribution >= 4 is 23.3 Å². The number of rotatable bonds is 6. The van der Waals surface area contributed by atoms with Gasteiger partial charge in [-0.15, -0.1) is 11.3 Å². The van der Waals surface area contributed by atoms with Gasteiger partial charge in [0.05, 0.1) is 11.5 Å². The number of nitrogens with two attached hydrogens (primary N) is 1. The first-order chi connectivity index (χ1) is 13.2. The number of carbonyl (C=O) groups is 2. The molecule has 0 saturated carbocycles. The number of hydrogen-bond acceptors (Lipinski definition) is 4. The van der Waals surface area contributed by atoms with Gasteiger partial charge < -0.3 is 19.9 Å². The molecule has 2 N–H and O–H groups in total. The van der Waals surface area contributed by atoms with E-state index >= 15 is 0 Å². The Morgan fingerprint density at radius 1 is 1.07 bits per heavy atom. The van der Waals surface area contributed by atoms with E-state index in [1.165, 1.54) is 10.4 Å². The zero-order valence-electron chi connectivity index (χ0n) is 15.5. The van der Waals surface area contributed by atoms with E-state index < -0.39 is 0 Å². The van der Waals surface area contributed by atoms with Crippen LogP contribution in [0.4, 0.5) is 4.79 Å². The average Bonchev–Trinajstić information content (AvgIpc) is 3.23. The Morgan fingerprint density at radius 3 is 2.41 bits per heavy atom. The Labute approximate surface area is 163 Å². The molecule has 1 fully saturated rings. The lowest BCUT2D eigenvalue weighted by molar-refractivity contribution is -0.676. The summed E-state index contributed by atoms with van der Waals surface area (Å²) >= 11 is 1.71. The predicted molar refractivity (Wildman–Crippen MR) is 105 cm³/mol. The Hall–Kier alpha value is -2.38. The van der Waals surface area contributed by atoms with Crippen LogP contribution in [0.25, 0.3) is 0 Å². The molecule has 0 radical (unpaired) electrons. The second-order valence-electron chi connectivity index (χ2n) is 6.41. The highest BCUT2D eigenvalue weighted by molar-refractivity contribution is 7.10. The van der Waals surface area contributed by atoms with Gasteiger partial charge in [0.15, 0.2) is 6.54 Å². The summed E-state index contributed by atoms with van der Waals surface area (Å²) in [6.45, 7) is 4.72. The monoisotopic (exact) mass is 388 g/mol. The van der Waals surface area contributed by atoms with Crippen LogP contribution >= 0.6 is 11.3 Å². The standard InChI is InChI=1S/C20H25N3O3S/c1-2-26-20(25)23-12-10-22(11-13-23)18(24)15-21-19(17-9-6-14-27-17)16-7-4-3-5-8-16/h3-9,14,19,21H,2,10-13,15H2,1H3/p+1/t19-/m0/s1. The zero-order valence-corrected chi connectivity index (χ0v) is 16.4. The van der Waals surface area contributed by atoms with Crippen LogP contribution in [0.15, 0.2) is 47.8 Å². The summed E-state index contributed by atoms with van der Waals surface area (Å²) in [5.74, 6) is 0.107. The first-order valence-electron chi connectivity index (χ1n) is 9.30. The molecule has 2 amide bonds. The molecular weight excluding hydrogens is 362 g/mol. The number of carbonyl (C=O) groups excluding carboxylic acids is 2. The molecule has 1 saturated heterocycles. The van der Waals surface area contributed by atoms with Gasteiger partial charge in [0.25, 0.3) is 5.91 Å². The van der Waals surface area contributed by atoms with E-state index in [1.807, 2.05) is 29.2 Å². The summed E-state index contributed by atoms with van der Waals surface area (Å²) < 4.78 is 5.02. The van der Waals surface area contributed by atoms with Gasteiger partial charge in [0.1, 0.15) is 6.04 Å². The van der Waals surface area contributed by atoms with Gasteiger partial charge in [0, 0.05) is 31.7 Å². The van der Waals surface area contributed by atoms with Crippen molar-refractivity contribution in [2.75, 3.05) is 39.3 Å². The van der Waals surface area contributed by atoms with Gasteiger partial charge >= 0.3 is 6.09 Å². The van der Waals surface area contributed by atoms with Crippen molar-refractivity contribution in [3.05, 3.63) is 58.3 Å². The fourth-order valence-electron chi connectivity index (χ4n) is 3.25. The Balaban J connectivity index is 1.55. The summed E-state index contributed by atoms with van der Waals surface area (Å²) in [4.78, 5) is 29.2. The van der Waals surface area contributed by atoms with Crippen molar-refractivity contribution in [1.82, 2.24) is 9.80 Å². The molecule has 1 aliphatic heterocycles. The van der Waals surface area contributed by atoms with Crippen LogP contribution in [0.2, 0.25) is 0 Å². The third-order valence-corrected chi connectivity index (χ3v) is 5.65. The van der Waals surface area contributed by atoms with Crippen molar-refractivity contribution in [2.24, 2.45) is 0 Å². The Bertz CT molecular complexity index is 728. The topological polar surface area (TPSA) is 66.5 Å². The number of ether oxygens (including phenoxy) is 1. The van der Waals surface area contributed by atoms with E-state index in [4.69, 9.17) is 4.74 Å². The first kappa shape index (κ1) is 19.4. The number of benzene rings is 1. The summed E-state index contributed by atoms with van der Waals surface area (Å²) in [6, 6.07) is 14.5. The molecule has 27 heavy (non-hydrogen) atoms. The van der Waals surface area contributed by atoms with E-state index in [0.29, 0.717) is 39.3 Å². The number of thiophene rings is 1. The van der Waals surface area contributed by atoms with Gasteiger partial charge in [0.2, 0.25) is 0 Å². The number of quaternary nitrogens is 1. The normalized spacial score (nSPS) is 15.4. The Kier molecular flexibility index (Phi) is 6.84. The van der Waals surface area contributed by atoms with E-state index in [0.717, 1.165) is 0 Å². The molecule has 1 atom stereocenters. The van der Waals surface area contributed by atoms with E-state index in [-0.39, 0.29) is 18.0 Å². The van der Waals surface area contributed by atoms with Crippen LogP contribution in [0, 0.1) is 0 Å². The predicted octanol–water partition coefficient (Wildman–Crippen LogP) is 1.70. The quantitative estimate of drug-likeness (QED) is 0.819. The number of piperazine rings is 1. The maximum absolute atomic E-state index is 12.7. The highest BCUT2D eigenvalue weighted by Crippen LogP contribution is 2.22. The van der Waals surface area contributed by atoms with E-state index in [2.05, 4.69) is 28.9 Å². The molecule has 2 heterocycles. The second kappa shape index (κ2) is 9.53. The third-order valence-electron chi connectivity index (χ3n) is 4.69. The molecule has 0 aliphatic carbocycles. The molecule has 144 valence electrons. The molecule has 3 rings (SSSR count). The van der Waals surface area contributed by atoms with Crippen LogP contribution < -0.4 is 5.32 Å². The van der Waals surface area contributed by atoms with Crippen molar-refractivity contribution in [3.63, 3.8) is 0 Å². The number of hydrogen-bond donors (Lipinski definition) is 1. The smallest absolute Gasteiger partial charge is 0.409 e. The lowest BCUT2D eigenvalue weighted by atomic mass is 10.1. The molecule has 0 bridgehead atoms. The molecule has 6 nitrogen and oxygen atoms in total. The molecule has 1 aromatic carbocycles. The maximum atomic E-state index is 12.7. The SMILES string of the molecule is CCOC(=O)N1CCN(C(=O)C[NH2+][C@@H](c2ccccc2)c2cccs2)CC1. The summed E-state index contributed by atoms with van der Waals surface area (Å²) in [5.41, 5.74) is 1.19. The van der Waals surface area contributed by atoms with Gasteiger partial charge in [-0.2, -0.15) is 0 Å². The lowest BCUT2D eigenvalue weighted by Crippen LogP contribution is -2.87. The molecule has 1 aromatic heterocycles. The van der Waals surface area contributed by atoms with Crippen molar-refractivity contribution in [1.29, 1.82) is 0 Å². The summed E-state index contributed by atoms with van der Waals surface area (Å²) in [7, 11) is 0. The van der Waals surface area contributed by atoms with Crippen LogP contribution in [0.1, 0.15) is 23.4 Å². The fourth-order valence-corrected chi connectivity index (χ4v) is 4.10. The highest BCUT2D eigenvalue weighted by atomic mass is 32.1. The summed E-state index contributed by atoms with van der Waals surface area (Å²) in [5, 5.41) is 4.16. The minimum Gasteiger partial charge on any atom is -0.450 e. The van der Waals surface area contributed by atoms with Crippen molar-refractivity contribution in [2.45, 2.75) is 13.0 Å². The van der Waals surface area contributed by atoms with E-state index in [9.17, 15) is 9.59 Å². The molecule has 2 aromatic rings. The zero-order chi connectivity index (χ0) is 19.1. The molecule has 0 spiro atoms. The van der Waals surface area contributed by atoms with Crippen molar-refractivity contribution in [3.8, 4) is 0 Å². The van der Waals surface area contributed by atoms with E-state index in [1.54, 1.807) is 23.2 Å². The van der Waals surface area contributed by atoms with Crippen LogP contribution in [-0.2, 0) is 9.53 Å². The van der Waals surface area contributed by atoms with Gasteiger partial charge in [-0.25, -0.2) is 4.79 Å². The highest BCUT2D eigenvalue weighted by Gasteiger charge is 2.27. The fraction of sp³-hybridized carbons (Fsp3) is 0.400. The van der Waals surface area contributed by atoms with Gasteiger partial charge in [-0.05, 0) is 18.4 Å². The largest absolute Gasteiger partial charge is 0.450 e. The van der Waals surface area contributed by atoms with Crippen LogP contribution in [-0.4, -0.2) is 61.1 Å². The van der Waals surface area contributed by atoms with Crippen LogP contribution in [0.3, 0.4) is 0 Å². The van der Waals surface area contributed by atoms with Gasteiger partial charge in [-0.3, -0.25) is 4.79 Å². The Morgan fingerprint density at radius 2 is 1.78 bits per heavy atom. The molecule has 7 heteroatoms. The van der Waals surface area contributed by atoms with Crippen molar-refractivity contribution < 1.29 is 19.6 Å². The molecule has 0 unspecified atom stereocenters. The lowest BCUT2D eigenvalue weighted by Gasteiger charge is -2.33. The number of nitrogens with zero attached hydrogens (tertiary/aromatic N) is 2.